The molecule has 1 aromatic rings. The van der Waals surface area contributed by atoms with E-state index in [9.17, 15) is 9.59 Å². The van der Waals surface area contributed by atoms with E-state index in [2.05, 4.69) is 5.32 Å². The molecule has 116 valence electrons. The monoisotopic (exact) mass is 293 g/mol. The van der Waals surface area contributed by atoms with Crippen molar-refractivity contribution in [2.45, 2.75) is 45.8 Å². The van der Waals surface area contributed by atoms with E-state index in [1.165, 1.54) is 0 Å². The normalized spacial score (nSPS) is 11.7. The summed E-state index contributed by atoms with van der Waals surface area (Å²) in [5, 5.41) is 2.76. The number of ether oxygens (including phenoxy) is 2. The standard InChI is InChI=1S/C16H23NO4/c1-15(2,3)21-14(19)17-16(4,5)11-20-13-8-6-12(10-18)7-9-13/h6-10H,11H2,1-5H3,(H,17,19). The number of aldehydes is 1. The molecule has 0 spiro atoms. The summed E-state index contributed by atoms with van der Waals surface area (Å²) in [5.41, 5.74) is -0.523. The lowest BCUT2D eigenvalue weighted by Crippen LogP contribution is -2.49. The molecule has 0 aliphatic rings. The number of alkyl carbamates (subject to hydrolysis) is 1. The van der Waals surface area contributed by atoms with Gasteiger partial charge in [-0.25, -0.2) is 4.79 Å². The molecule has 1 aromatic carbocycles. The summed E-state index contributed by atoms with van der Waals surface area (Å²) < 4.78 is 10.8. The molecule has 0 aromatic heterocycles. The zero-order valence-corrected chi connectivity index (χ0v) is 13.2. The lowest BCUT2D eigenvalue weighted by atomic mass is 10.1. The van der Waals surface area contributed by atoms with Crippen LogP contribution in [0.3, 0.4) is 0 Å². The lowest BCUT2D eigenvalue weighted by molar-refractivity contribution is 0.0441. The fraction of sp³-hybridized carbons (Fsp3) is 0.500. The minimum Gasteiger partial charge on any atom is -0.491 e. The highest BCUT2D eigenvalue weighted by molar-refractivity contribution is 5.74. The molecular weight excluding hydrogens is 270 g/mol. The number of rotatable bonds is 5. The van der Waals surface area contributed by atoms with Crippen LogP contribution in [0.4, 0.5) is 4.79 Å². The molecule has 5 heteroatoms. The third-order valence-electron chi connectivity index (χ3n) is 2.46. The maximum absolute atomic E-state index is 11.7. The van der Waals surface area contributed by atoms with E-state index in [0.717, 1.165) is 6.29 Å². The van der Waals surface area contributed by atoms with E-state index < -0.39 is 17.2 Å². The lowest BCUT2D eigenvalue weighted by Gasteiger charge is -2.28. The molecule has 0 bridgehead atoms. The van der Waals surface area contributed by atoms with Crippen molar-refractivity contribution in [1.82, 2.24) is 5.32 Å². The van der Waals surface area contributed by atoms with Gasteiger partial charge in [0.1, 0.15) is 24.2 Å². The van der Waals surface area contributed by atoms with Gasteiger partial charge in [0.2, 0.25) is 0 Å². The Hall–Kier alpha value is -2.04. The van der Waals surface area contributed by atoms with Gasteiger partial charge in [-0.2, -0.15) is 0 Å². The fourth-order valence-corrected chi connectivity index (χ4v) is 1.52. The molecule has 0 saturated heterocycles. The van der Waals surface area contributed by atoms with Gasteiger partial charge >= 0.3 is 6.09 Å². The Morgan fingerprint density at radius 3 is 2.19 bits per heavy atom. The first kappa shape index (κ1) is 17.0. The number of carbonyl (C=O) groups is 2. The van der Waals surface area contributed by atoms with Crippen molar-refractivity contribution in [3.05, 3.63) is 29.8 Å². The van der Waals surface area contributed by atoms with Crippen LogP contribution in [0, 0.1) is 0 Å². The number of hydrogen-bond acceptors (Lipinski definition) is 4. The van der Waals surface area contributed by atoms with Crippen LogP contribution in [0.5, 0.6) is 5.75 Å². The molecule has 1 rings (SSSR count). The van der Waals surface area contributed by atoms with Gasteiger partial charge < -0.3 is 14.8 Å². The van der Waals surface area contributed by atoms with Crippen LogP contribution >= 0.6 is 0 Å². The highest BCUT2D eigenvalue weighted by atomic mass is 16.6. The van der Waals surface area contributed by atoms with Gasteiger partial charge in [-0.3, -0.25) is 4.79 Å². The number of nitrogens with one attached hydrogen (secondary N) is 1. The van der Waals surface area contributed by atoms with Gasteiger partial charge in [-0.15, -0.1) is 0 Å². The summed E-state index contributed by atoms with van der Waals surface area (Å²) in [6.07, 6.45) is 0.296. The van der Waals surface area contributed by atoms with Crippen molar-refractivity contribution in [3.8, 4) is 5.75 Å². The molecule has 0 aliphatic heterocycles. The maximum atomic E-state index is 11.7. The minimum atomic E-state index is -0.578. The highest BCUT2D eigenvalue weighted by Crippen LogP contribution is 2.14. The Kier molecular flexibility index (Phi) is 5.35. The highest BCUT2D eigenvalue weighted by Gasteiger charge is 2.25. The first-order valence-electron chi connectivity index (χ1n) is 6.80. The quantitative estimate of drug-likeness (QED) is 0.847. The van der Waals surface area contributed by atoms with Crippen molar-refractivity contribution in [3.63, 3.8) is 0 Å². The molecular formula is C16H23NO4. The van der Waals surface area contributed by atoms with E-state index in [4.69, 9.17) is 9.47 Å². The Bertz CT molecular complexity index is 486. The molecule has 21 heavy (non-hydrogen) atoms. The number of amides is 1. The fourth-order valence-electron chi connectivity index (χ4n) is 1.52. The molecule has 0 fully saturated rings. The third kappa shape index (κ3) is 6.79. The van der Waals surface area contributed by atoms with Crippen molar-refractivity contribution in [2.24, 2.45) is 0 Å². The van der Waals surface area contributed by atoms with Gasteiger partial charge in [0.05, 0.1) is 5.54 Å². The summed E-state index contributed by atoms with van der Waals surface area (Å²) in [6, 6.07) is 6.79. The van der Waals surface area contributed by atoms with E-state index in [-0.39, 0.29) is 6.61 Å². The summed E-state index contributed by atoms with van der Waals surface area (Å²) in [7, 11) is 0. The molecule has 5 nitrogen and oxygen atoms in total. The van der Waals surface area contributed by atoms with Gasteiger partial charge in [-0.1, -0.05) is 0 Å². The van der Waals surface area contributed by atoms with Crippen LogP contribution in [0.1, 0.15) is 45.0 Å². The topological polar surface area (TPSA) is 64.6 Å². The largest absolute Gasteiger partial charge is 0.491 e. The molecule has 0 atom stereocenters. The number of benzene rings is 1. The Balaban J connectivity index is 2.51. The summed E-state index contributed by atoms with van der Waals surface area (Å²) in [4.78, 5) is 22.3. The molecule has 1 amide bonds. The maximum Gasteiger partial charge on any atom is 0.408 e. The van der Waals surface area contributed by atoms with E-state index in [0.29, 0.717) is 11.3 Å². The van der Waals surface area contributed by atoms with Crippen molar-refractivity contribution >= 4 is 12.4 Å². The molecule has 0 aliphatic carbocycles. The van der Waals surface area contributed by atoms with E-state index >= 15 is 0 Å². The Morgan fingerprint density at radius 2 is 1.71 bits per heavy atom. The van der Waals surface area contributed by atoms with Gasteiger partial charge in [0.25, 0.3) is 0 Å². The molecule has 0 saturated carbocycles. The van der Waals surface area contributed by atoms with Crippen molar-refractivity contribution in [2.75, 3.05) is 6.61 Å². The molecule has 0 heterocycles. The summed E-state index contributed by atoms with van der Waals surface area (Å²) >= 11 is 0. The Morgan fingerprint density at radius 1 is 1.14 bits per heavy atom. The Labute approximate surface area is 125 Å². The summed E-state index contributed by atoms with van der Waals surface area (Å²) in [5.74, 6) is 0.639. The molecule has 0 radical (unpaired) electrons. The van der Waals surface area contributed by atoms with Crippen LogP contribution in [-0.2, 0) is 4.74 Å². The zero-order chi connectivity index (χ0) is 16.1. The van der Waals surface area contributed by atoms with Crippen LogP contribution in [-0.4, -0.2) is 30.1 Å². The molecule has 1 N–H and O–H groups in total. The van der Waals surface area contributed by atoms with Crippen LogP contribution < -0.4 is 10.1 Å². The summed E-state index contributed by atoms with van der Waals surface area (Å²) in [6.45, 7) is 9.40. The van der Waals surface area contributed by atoms with Gasteiger partial charge in [-0.05, 0) is 58.9 Å². The predicted octanol–water partition coefficient (Wildman–Crippen LogP) is 3.18. The average molecular weight is 293 g/mol. The smallest absolute Gasteiger partial charge is 0.408 e. The van der Waals surface area contributed by atoms with E-state index in [1.807, 2.05) is 34.6 Å². The second-order valence-corrected chi connectivity index (χ2v) is 6.49. The first-order chi connectivity index (χ1) is 9.61. The van der Waals surface area contributed by atoms with Crippen LogP contribution in [0.2, 0.25) is 0 Å². The number of carbonyl (C=O) groups excluding carboxylic acids is 2. The SMILES string of the molecule is CC(C)(COc1ccc(C=O)cc1)NC(=O)OC(C)(C)C. The second-order valence-electron chi connectivity index (χ2n) is 6.49. The average Bonchev–Trinajstić information content (AvgIpc) is 2.34. The predicted molar refractivity (Wildman–Crippen MR) is 80.8 cm³/mol. The van der Waals surface area contributed by atoms with Crippen LogP contribution in [0.15, 0.2) is 24.3 Å². The second kappa shape index (κ2) is 6.61. The van der Waals surface area contributed by atoms with E-state index in [1.54, 1.807) is 24.3 Å². The van der Waals surface area contributed by atoms with Crippen LogP contribution in [0.25, 0.3) is 0 Å². The zero-order valence-electron chi connectivity index (χ0n) is 13.2. The third-order valence-corrected chi connectivity index (χ3v) is 2.46. The number of hydrogen-bond donors (Lipinski definition) is 1. The van der Waals surface area contributed by atoms with Gasteiger partial charge in [0.15, 0.2) is 0 Å². The first-order valence-corrected chi connectivity index (χ1v) is 6.80. The molecule has 0 unspecified atom stereocenters. The van der Waals surface area contributed by atoms with Gasteiger partial charge in [0, 0.05) is 5.56 Å². The van der Waals surface area contributed by atoms with Crippen molar-refractivity contribution < 1.29 is 19.1 Å². The van der Waals surface area contributed by atoms with Crippen molar-refractivity contribution in [1.29, 1.82) is 0 Å². The minimum absolute atomic E-state index is 0.284.